The van der Waals surface area contributed by atoms with Gasteiger partial charge in [0.1, 0.15) is 6.61 Å². The van der Waals surface area contributed by atoms with Crippen LogP contribution in [-0.4, -0.2) is 63.8 Å². The second-order valence-electron chi connectivity index (χ2n) is 10.3. The van der Waals surface area contributed by atoms with Gasteiger partial charge in [0.15, 0.2) is 5.82 Å². The predicted molar refractivity (Wildman–Crippen MR) is 149 cm³/mol. The molecule has 0 aliphatic carbocycles. The first-order valence-electron chi connectivity index (χ1n) is 12.8. The van der Waals surface area contributed by atoms with Crippen molar-refractivity contribution in [1.82, 2.24) is 38.0 Å². The Morgan fingerprint density at radius 1 is 1.00 bits per heavy atom. The van der Waals surface area contributed by atoms with Crippen LogP contribution in [0.4, 0.5) is 0 Å². The monoisotopic (exact) mass is 620 g/mol. The molecule has 0 spiro atoms. The molecular weight excluding hydrogens is 587 g/mol. The van der Waals surface area contributed by atoms with Crippen LogP contribution >= 0.6 is 0 Å². The molecule has 196 valence electrons. The van der Waals surface area contributed by atoms with E-state index in [1.807, 2.05) is 12.1 Å². The maximum absolute atomic E-state index is 12.2. The summed E-state index contributed by atoms with van der Waals surface area (Å²) in [5.74, 6) is 1.46. The van der Waals surface area contributed by atoms with E-state index in [1.54, 1.807) is 11.6 Å². The number of aryl methyl sites for hydroxylation is 1. The molecule has 3 aromatic heterocycles. The molecule has 0 bridgehead atoms. The van der Waals surface area contributed by atoms with E-state index >= 15 is 0 Å². The number of rotatable bonds is 9. The molecule has 0 unspecified atom stereocenters. The van der Waals surface area contributed by atoms with Gasteiger partial charge in [-0.05, 0) is 0 Å². The first-order chi connectivity index (χ1) is 18.3. The second-order valence-corrected chi connectivity index (χ2v) is 23.9. The molecule has 0 fully saturated rings. The Morgan fingerprint density at radius 2 is 1.74 bits per heavy atom. The number of tetrazole rings is 1. The van der Waals surface area contributed by atoms with Gasteiger partial charge in [0, 0.05) is 7.11 Å². The molecule has 3 heterocycles. The molecule has 0 radical (unpaired) electrons. The second kappa shape index (κ2) is 10.8. The summed E-state index contributed by atoms with van der Waals surface area (Å²) in [7, 11) is 1.61. The van der Waals surface area contributed by atoms with Crippen molar-refractivity contribution in [3.05, 3.63) is 81.7 Å². The third kappa shape index (κ3) is 5.14. The van der Waals surface area contributed by atoms with Crippen molar-refractivity contribution in [2.45, 2.75) is 47.6 Å². The Balaban J connectivity index is 1.52. The van der Waals surface area contributed by atoms with Gasteiger partial charge in [-0.3, -0.25) is 0 Å². The van der Waals surface area contributed by atoms with Crippen LogP contribution in [0.5, 0.6) is 0 Å². The minimum atomic E-state index is -2.58. The average Bonchev–Trinajstić information content (AvgIpc) is 3.54. The first kappa shape index (κ1) is 26.2. The van der Waals surface area contributed by atoms with Gasteiger partial charge in [0.05, 0.1) is 0 Å². The van der Waals surface area contributed by atoms with Crippen molar-refractivity contribution in [2.75, 3.05) is 7.11 Å². The molecule has 0 saturated heterocycles. The van der Waals surface area contributed by atoms with Gasteiger partial charge in [-0.1, -0.05) is 13.3 Å². The van der Waals surface area contributed by atoms with E-state index in [0.29, 0.717) is 17.9 Å². The number of ether oxygens (including phenoxy) is 1. The van der Waals surface area contributed by atoms with Crippen LogP contribution < -0.4 is 5.69 Å². The SMILES string of the molecule is CCCc1nc(COC)n2[nH]c(=O)nc2c1Cc1ccc(-c2ccccc2-c2nnn[n]2[Sn]([CH3])([CH3])[CH3])cc1. The summed E-state index contributed by atoms with van der Waals surface area (Å²) in [5.41, 5.74) is 6.42. The molecule has 2 aromatic carbocycles. The standard InChI is InChI=1S/C24H24N8O2.3CH3.Sn/c1-3-6-20-19(23-26-24(33)29-32(23)21(25-20)14-34-2)13-15-9-11-16(12-10-15)17-7-4-5-8-18(17)22-27-30-31-28-22;;;;/h4-5,7-12H,3,6,13-14H2,1-2H3,(H2,27,28,29,30,31,33);3*1H3;/q;;;;+1/p-1. The van der Waals surface area contributed by atoms with Crippen molar-refractivity contribution in [2.24, 2.45) is 0 Å². The topological polar surface area (TPSA) is 116 Å². The van der Waals surface area contributed by atoms with Gasteiger partial charge in [0.25, 0.3) is 0 Å². The Morgan fingerprint density at radius 3 is 2.42 bits per heavy atom. The van der Waals surface area contributed by atoms with Crippen LogP contribution in [-0.2, 0) is 24.2 Å². The summed E-state index contributed by atoms with van der Waals surface area (Å²) in [6.45, 7) is 2.41. The van der Waals surface area contributed by atoms with Gasteiger partial charge in [-0.25, -0.2) is 9.89 Å². The fraction of sp³-hybridized carbons (Fsp3) is 0.333. The van der Waals surface area contributed by atoms with Crippen LogP contribution in [0.2, 0.25) is 14.8 Å². The summed E-state index contributed by atoms with van der Waals surface area (Å²) in [6.07, 6.45) is 2.34. The van der Waals surface area contributed by atoms with E-state index in [9.17, 15) is 4.79 Å². The van der Waals surface area contributed by atoms with Crippen molar-refractivity contribution in [3.8, 4) is 22.5 Å². The van der Waals surface area contributed by atoms with Crippen molar-refractivity contribution < 1.29 is 4.74 Å². The number of hydrogen-bond acceptors (Lipinski definition) is 7. The number of aromatic amines is 1. The van der Waals surface area contributed by atoms with E-state index in [0.717, 1.165) is 52.2 Å². The molecular formula is C27H32N8O2Sn. The van der Waals surface area contributed by atoms with Gasteiger partial charge in [-0.2, -0.15) is 0 Å². The number of H-pyrrole nitrogens is 1. The van der Waals surface area contributed by atoms with E-state index in [4.69, 9.17) is 9.72 Å². The van der Waals surface area contributed by atoms with Crippen LogP contribution in [0.15, 0.2) is 53.3 Å². The van der Waals surface area contributed by atoms with Crippen LogP contribution in [0.1, 0.15) is 36.0 Å². The molecule has 5 rings (SSSR count). The Hall–Kier alpha value is -3.38. The summed E-state index contributed by atoms with van der Waals surface area (Å²) in [4.78, 5) is 28.1. The Bertz CT molecular complexity index is 1630. The molecule has 0 saturated carbocycles. The molecule has 0 aliphatic rings. The van der Waals surface area contributed by atoms with E-state index < -0.39 is 24.3 Å². The zero-order valence-corrected chi connectivity index (χ0v) is 25.2. The summed E-state index contributed by atoms with van der Waals surface area (Å²) >= 11 is -2.58. The molecule has 5 aromatic rings. The molecule has 0 atom stereocenters. The molecule has 38 heavy (non-hydrogen) atoms. The third-order valence-corrected chi connectivity index (χ3v) is 10.9. The minimum absolute atomic E-state index is 0.288. The van der Waals surface area contributed by atoms with E-state index in [1.165, 1.54) is 0 Å². The number of fused-ring (bicyclic) bond motifs is 1. The van der Waals surface area contributed by atoms with Crippen molar-refractivity contribution >= 4 is 24.3 Å². The van der Waals surface area contributed by atoms with Crippen LogP contribution in [0.3, 0.4) is 0 Å². The third-order valence-electron chi connectivity index (χ3n) is 6.45. The number of aromatic nitrogens is 8. The van der Waals surface area contributed by atoms with Gasteiger partial charge >= 0.3 is 178 Å². The van der Waals surface area contributed by atoms with E-state index in [2.05, 4.69) is 86.7 Å². The summed E-state index contributed by atoms with van der Waals surface area (Å²) in [6, 6.07) is 16.8. The van der Waals surface area contributed by atoms with Gasteiger partial charge in [0.2, 0.25) is 0 Å². The van der Waals surface area contributed by atoms with Crippen LogP contribution in [0.25, 0.3) is 28.2 Å². The Kier molecular flexibility index (Phi) is 7.44. The number of methoxy groups -OCH3 is 1. The van der Waals surface area contributed by atoms with Crippen molar-refractivity contribution in [3.63, 3.8) is 0 Å². The summed E-state index contributed by atoms with van der Waals surface area (Å²) < 4.78 is 9.02. The fourth-order valence-corrected chi connectivity index (χ4v) is 7.87. The first-order valence-corrected chi connectivity index (χ1v) is 22.6. The maximum atomic E-state index is 12.2. The fourth-order valence-electron chi connectivity index (χ4n) is 4.70. The van der Waals surface area contributed by atoms with Crippen molar-refractivity contribution in [1.29, 1.82) is 0 Å². The predicted octanol–water partition coefficient (Wildman–Crippen LogP) is 4.11. The molecule has 11 heteroatoms. The van der Waals surface area contributed by atoms with Gasteiger partial charge in [-0.15, -0.1) is 0 Å². The van der Waals surface area contributed by atoms with E-state index in [-0.39, 0.29) is 6.61 Å². The quantitative estimate of drug-likeness (QED) is 0.247. The molecule has 0 amide bonds. The normalized spacial score (nSPS) is 11.9. The summed E-state index contributed by atoms with van der Waals surface area (Å²) in [5, 5.41) is 15.5. The zero-order chi connectivity index (χ0) is 26.9. The average molecular weight is 619 g/mol. The number of nitrogens with one attached hydrogen (secondary N) is 1. The zero-order valence-electron chi connectivity index (χ0n) is 22.4. The molecule has 1 N–H and O–H groups in total. The van der Waals surface area contributed by atoms with Crippen LogP contribution in [0, 0.1) is 0 Å². The number of benzene rings is 2. The molecule has 0 aliphatic heterocycles. The Labute approximate surface area is 225 Å². The molecule has 10 nitrogen and oxygen atoms in total. The van der Waals surface area contributed by atoms with Gasteiger partial charge < -0.3 is 4.74 Å². The number of nitrogens with zero attached hydrogens (tertiary/aromatic N) is 7. The number of hydrogen-bond donors (Lipinski definition) is 1.